The van der Waals surface area contributed by atoms with Crippen LogP contribution in [0.5, 0.6) is 5.75 Å². The first-order chi connectivity index (χ1) is 12.1. The summed E-state index contributed by atoms with van der Waals surface area (Å²) in [5.74, 6) is 0.222. The maximum atomic E-state index is 12.6. The Hall–Kier alpha value is -2.79. The normalized spacial score (nSPS) is 15.6. The fourth-order valence-corrected chi connectivity index (χ4v) is 2.74. The summed E-state index contributed by atoms with van der Waals surface area (Å²) in [7, 11) is 0. The van der Waals surface area contributed by atoms with Gasteiger partial charge in [-0.25, -0.2) is 4.79 Å². The van der Waals surface area contributed by atoms with Crippen LogP contribution in [0.15, 0.2) is 54.2 Å². The van der Waals surface area contributed by atoms with Crippen molar-refractivity contribution in [1.29, 1.82) is 0 Å². The van der Waals surface area contributed by atoms with Crippen molar-refractivity contribution in [3.8, 4) is 5.75 Å². The number of amides is 3. The van der Waals surface area contributed by atoms with Crippen LogP contribution in [0.2, 0.25) is 5.02 Å². The first kappa shape index (κ1) is 17.0. The summed E-state index contributed by atoms with van der Waals surface area (Å²) in [6, 6.07) is 14.1. The number of carbonyl (C=O) groups is 2. The highest BCUT2D eigenvalue weighted by molar-refractivity contribution is 6.30. The second-order valence-electron chi connectivity index (χ2n) is 5.48. The van der Waals surface area contributed by atoms with Crippen molar-refractivity contribution in [1.82, 2.24) is 10.2 Å². The van der Waals surface area contributed by atoms with E-state index in [4.69, 9.17) is 16.3 Å². The van der Waals surface area contributed by atoms with Gasteiger partial charge in [-0.15, -0.1) is 0 Å². The van der Waals surface area contributed by atoms with E-state index >= 15 is 0 Å². The molecular weight excluding hydrogens is 340 g/mol. The number of benzene rings is 2. The summed E-state index contributed by atoms with van der Waals surface area (Å²) < 4.78 is 5.55. The van der Waals surface area contributed by atoms with Gasteiger partial charge < -0.3 is 10.1 Å². The van der Waals surface area contributed by atoms with Crippen LogP contribution in [0, 0.1) is 0 Å². The molecule has 1 N–H and O–H groups in total. The monoisotopic (exact) mass is 356 g/mol. The fourth-order valence-electron chi connectivity index (χ4n) is 2.56. The van der Waals surface area contributed by atoms with Gasteiger partial charge >= 0.3 is 6.03 Å². The lowest BCUT2D eigenvalue weighted by atomic mass is 10.1. The molecule has 3 rings (SSSR count). The Morgan fingerprint density at radius 2 is 1.92 bits per heavy atom. The molecule has 5 nitrogen and oxygen atoms in total. The molecule has 1 aliphatic rings. The molecule has 128 valence electrons. The van der Waals surface area contributed by atoms with E-state index in [9.17, 15) is 9.59 Å². The molecule has 0 spiro atoms. The van der Waals surface area contributed by atoms with E-state index < -0.39 is 6.03 Å². The highest BCUT2D eigenvalue weighted by atomic mass is 35.5. The lowest BCUT2D eigenvalue weighted by molar-refractivity contribution is -0.123. The quantitative estimate of drug-likeness (QED) is 0.654. The van der Waals surface area contributed by atoms with Crippen LogP contribution in [0.4, 0.5) is 4.79 Å². The maximum Gasteiger partial charge on any atom is 0.329 e. The number of hydrogen-bond donors (Lipinski definition) is 1. The van der Waals surface area contributed by atoms with E-state index in [-0.39, 0.29) is 18.1 Å². The highest BCUT2D eigenvalue weighted by Crippen LogP contribution is 2.26. The Bertz CT molecular complexity index is 834. The van der Waals surface area contributed by atoms with Gasteiger partial charge in [0.1, 0.15) is 11.4 Å². The van der Waals surface area contributed by atoms with E-state index in [0.29, 0.717) is 22.9 Å². The number of rotatable bonds is 5. The van der Waals surface area contributed by atoms with Crippen molar-refractivity contribution < 1.29 is 14.3 Å². The Morgan fingerprint density at radius 1 is 1.16 bits per heavy atom. The Balaban J connectivity index is 1.87. The number of imide groups is 1. The number of halogens is 1. The first-order valence-corrected chi connectivity index (χ1v) is 8.27. The molecular formula is C19H17ClN2O3. The minimum absolute atomic E-state index is 0.198. The minimum Gasteiger partial charge on any atom is -0.493 e. The Morgan fingerprint density at radius 3 is 2.64 bits per heavy atom. The average molecular weight is 357 g/mol. The van der Waals surface area contributed by atoms with Gasteiger partial charge in [-0.1, -0.05) is 41.9 Å². The standard InChI is InChI=1S/C19H17ClN2O3/c1-2-25-17-9-8-15(20)10-14(17)11-16-18(23)22(19(24)21-16)12-13-6-4-3-5-7-13/h3-11H,2,12H2,1H3,(H,21,24)/b16-11-. The summed E-state index contributed by atoms with van der Waals surface area (Å²) in [5.41, 5.74) is 1.72. The van der Waals surface area contributed by atoms with Crippen molar-refractivity contribution in [3.63, 3.8) is 0 Å². The predicted molar refractivity (Wildman–Crippen MR) is 96.1 cm³/mol. The van der Waals surface area contributed by atoms with Crippen molar-refractivity contribution >= 4 is 29.6 Å². The molecule has 6 heteroatoms. The Labute approximate surface area is 150 Å². The van der Waals surface area contributed by atoms with Gasteiger partial charge in [0, 0.05) is 10.6 Å². The van der Waals surface area contributed by atoms with Gasteiger partial charge in [0.2, 0.25) is 0 Å². The van der Waals surface area contributed by atoms with E-state index in [2.05, 4.69) is 5.32 Å². The number of nitrogens with one attached hydrogen (secondary N) is 1. The molecule has 0 saturated carbocycles. The molecule has 0 atom stereocenters. The SMILES string of the molecule is CCOc1ccc(Cl)cc1/C=C1\NC(=O)N(Cc2ccccc2)C1=O. The molecule has 2 aromatic carbocycles. The molecule has 1 saturated heterocycles. The summed E-state index contributed by atoms with van der Waals surface area (Å²) in [5, 5.41) is 3.13. The average Bonchev–Trinajstić information content (AvgIpc) is 2.86. The molecule has 0 bridgehead atoms. The van der Waals surface area contributed by atoms with Gasteiger partial charge in [-0.05, 0) is 36.8 Å². The third-order valence-electron chi connectivity index (χ3n) is 3.72. The molecule has 2 aromatic rings. The van der Waals surface area contributed by atoms with Crippen molar-refractivity contribution in [2.24, 2.45) is 0 Å². The summed E-state index contributed by atoms with van der Waals surface area (Å²) >= 11 is 6.04. The van der Waals surface area contributed by atoms with Gasteiger partial charge in [0.25, 0.3) is 5.91 Å². The topological polar surface area (TPSA) is 58.6 Å². The maximum absolute atomic E-state index is 12.6. The molecule has 0 aliphatic carbocycles. The Kier molecular flexibility index (Phi) is 5.05. The van der Waals surface area contributed by atoms with Crippen LogP contribution in [0.1, 0.15) is 18.1 Å². The second kappa shape index (κ2) is 7.40. The third-order valence-corrected chi connectivity index (χ3v) is 3.95. The summed E-state index contributed by atoms with van der Waals surface area (Å²) in [4.78, 5) is 25.9. The fraction of sp³-hybridized carbons (Fsp3) is 0.158. The highest BCUT2D eigenvalue weighted by Gasteiger charge is 2.33. The van der Waals surface area contributed by atoms with Crippen molar-refractivity contribution in [2.75, 3.05) is 6.61 Å². The lowest BCUT2D eigenvalue weighted by Crippen LogP contribution is -2.30. The number of nitrogens with zero attached hydrogens (tertiary/aromatic N) is 1. The molecule has 1 fully saturated rings. The molecule has 25 heavy (non-hydrogen) atoms. The van der Waals surface area contributed by atoms with Crippen molar-refractivity contribution in [3.05, 3.63) is 70.4 Å². The molecule has 0 radical (unpaired) electrons. The molecule has 0 aromatic heterocycles. The van der Waals surface area contributed by atoms with E-state index in [1.54, 1.807) is 24.3 Å². The van der Waals surface area contributed by atoms with Crippen molar-refractivity contribution in [2.45, 2.75) is 13.5 Å². The molecule has 1 heterocycles. The summed E-state index contributed by atoms with van der Waals surface area (Å²) in [6.07, 6.45) is 1.59. The lowest BCUT2D eigenvalue weighted by Gasteiger charge is -2.11. The van der Waals surface area contributed by atoms with Crippen LogP contribution >= 0.6 is 11.6 Å². The van der Waals surface area contributed by atoms with Gasteiger partial charge in [0.05, 0.1) is 13.2 Å². The van der Waals surface area contributed by atoms with Crippen LogP contribution in [0.25, 0.3) is 6.08 Å². The number of hydrogen-bond acceptors (Lipinski definition) is 3. The first-order valence-electron chi connectivity index (χ1n) is 7.89. The third kappa shape index (κ3) is 3.83. The second-order valence-corrected chi connectivity index (χ2v) is 5.92. The number of carbonyl (C=O) groups excluding carboxylic acids is 2. The van der Waals surface area contributed by atoms with E-state index in [0.717, 1.165) is 5.56 Å². The predicted octanol–water partition coefficient (Wildman–Crippen LogP) is 3.83. The van der Waals surface area contributed by atoms with E-state index in [1.165, 1.54) is 4.90 Å². The van der Waals surface area contributed by atoms with E-state index in [1.807, 2.05) is 37.3 Å². The number of urea groups is 1. The van der Waals surface area contributed by atoms with Crippen LogP contribution in [0.3, 0.4) is 0 Å². The van der Waals surface area contributed by atoms with Gasteiger partial charge in [-0.3, -0.25) is 9.69 Å². The molecule has 1 aliphatic heterocycles. The minimum atomic E-state index is -0.444. The zero-order valence-electron chi connectivity index (χ0n) is 13.7. The number of ether oxygens (including phenoxy) is 1. The zero-order chi connectivity index (χ0) is 17.8. The molecule has 3 amide bonds. The largest absolute Gasteiger partial charge is 0.493 e. The van der Waals surface area contributed by atoms with Gasteiger partial charge in [-0.2, -0.15) is 0 Å². The van der Waals surface area contributed by atoms with Gasteiger partial charge in [0.15, 0.2) is 0 Å². The van der Waals surface area contributed by atoms with Crippen LogP contribution < -0.4 is 10.1 Å². The zero-order valence-corrected chi connectivity index (χ0v) is 14.4. The van der Waals surface area contributed by atoms with Crippen LogP contribution in [-0.4, -0.2) is 23.4 Å². The summed E-state index contributed by atoms with van der Waals surface area (Å²) in [6.45, 7) is 2.57. The molecule has 0 unspecified atom stereocenters. The smallest absolute Gasteiger partial charge is 0.329 e. The van der Waals surface area contributed by atoms with Crippen LogP contribution in [-0.2, 0) is 11.3 Å².